The summed E-state index contributed by atoms with van der Waals surface area (Å²) in [6.07, 6.45) is 0.972. The van der Waals surface area contributed by atoms with E-state index in [1.807, 2.05) is 0 Å². The first-order valence-electron chi connectivity index (χ1n) is 9.51. The van der Waals surface area contributed by atoms with Gasteiger partial charge in [0.1, 0.15) is 11.6 Å². The number of anilines is 1. The molecule has 0 aliphatic rings. The summed E-state index contributed by atoms with van der Waals surface area (Å²) in [5, 5.41) is 2.52. The lowest BCUT2D eigenvalue weighted by Crippen LogP contribution is -2.17. The first-order chi connectivity index (χ1) is 15.4. The minimum absolute atomic E-state index is 0.0448. The highest BCUT2D eigenvalue weighted by Crippen LogP contribution is 2.15. The van der Waals surface area contributed by atoms with Crippen molar-refractivity contribution >= 4 is 29.3 Å². The van der Waals surface area contributed by atoms with Crippen molar-refractivity contribution in [3.05, 3.63) is 84.1 Å². The van der Waals surface area contributed by atoms with E-state index in [0.29, 0.717) is 5.69 Å². The van der Waals surface area contributed by atoms with E-state index < -0.39 is 36.1 Å². The van der Waals surface area contributed by atoms with Crippen LogP contribution in [0.3, 0.4) is 0 Å². The number of nitrogens with one attached hydrogen (secondary N) is 1. The van der Waals surface area contributed by atoms with Crippen molar-refractivity contribution in [2.75, 3.05) is 11.9 Å². The lowest BCUT2D eigenvalue weighted by atomic mass is 10.1. The first kappa shape index (κ1) is 22.4. The third-order valence-corrected chi connectivity index (χ3v) is 4.16. The zero-order chi connectivity index (χ0) is 22.9. The van der Waals surface area contributed by atoms with Gasteiger partial charge in [-0.25, -0.2) is 9.18 Å². The van der Waals surface area contributed by atoms with Crippen molar-refractivity contribution in [1.29, 1.82) is 0 Å². The number of furan rings is 1. The largest absolute Gasteiger partial charge is 0.457 e. The number of hydrogen-bond donors (Lipinski definition) is 1. The molecule has 0 radical (unpaired) electrons. The Bertz CT molecular complexity index is 1090. The summed E-state index contributed by atoms with van der Waals surface area (Å²) in [6.45, 7) is -0.496. The fraction of sp³-hybridized carbons (Fsp3) is 0.130. The molecular formula is C23H18FNO7. The van der Waals surface area contributed by atoms with E-state index in [1.54, 1.807) is 6.07 Å². The van der Waals surface area contributed by atoms with Gasteiger partial charge in [-0.1, -0.05) is 0 Å². The molecular weight excluding hydrogens is 421 g/mol. The summed E-state index contributed by atoms with van der Waals surface area (Å²) in [5.41, 5.74) is 0.655. The molecule has 0 unspecified atom stereocenters. The molecule has 1 N–H and O–H groups in total. The Morgan fingerprint density at radius 3 is 2.28 bits per heavy atom. The maximum absolute atomic E-state index is 12.8. The van der Waals surface area contributed by atoms with E-state index in [-0.39, 0.29) is 29.9 Å². The number of benzene rings is 2. The number of carbonyl (C=O) groups is 4. The van der Waals surface area contributed by atoms with Crippen LogP contribution in [0.15, 0.2) is 71.3 Å². The number of esters is 2. The van der Waals surface area contributed by atoms with E-state index in [9.17, 15) is 23.6 Å². The van der Waals surface area contributed by atoms with Gasteiger partial charge < -0.3 is 19.2 Å². The van der Waals surface area contributed by atoms with Gasteiger partial charge in [-0.15, -0.1) is 0 Å². The highest BCUT2D eigenvalue weighted by molar-refractivity contribution is 5.98. The van der Waals surface area contributed by atoms with Crippen LogP contribution >= 0.6 is 0 Å². The molecule has 32 heavy (non-hydrogen) atoms. The average molecular weight is 439 g/mol. The Balaban J connectivity index is 1.39. The zero-order valence-corrected chi connectivity index (χ0v) is 16.7. The van der Waals surface area contributed by atoms with Gasteiger partial charge in [-0.3, -0.25) is 14.4 Å². The number of Topliss-reactive ketones (excluding diaryl/α,β-unsaturated/α-hetero) is 1. The Hall–Kier alpha value is -4.27. The molecule has 0 bridgehead atoms. The van der Waals surface area contributed by atoms with Crippen LogP contribution in [0, 0.1) is 5.82 Å². The highest BCUT2D eigenvalue weighted by atomic mass is 19.1. The van der Waals surface area contributed by atoms with E-state index in [4.69, 9.17) is 13.9 Å². The van der Waals surface area contributed by atoms with Gasteiger partial charge >= 0.3 is 11.9 Å². The minimum atomic E-state index is -0.711. The quantitative estimate of drug-likeness (QED) is 0.307. The molecule has 3 rings (SSSR count). The Labute approximate surface area is 181 Å². The van der Waals surface area contributed by atoms with E-state index in [0.717, 1.165) is 0 Å². The molecule has 0 aliphatic carbocycles. The molecule has 9 heteroatoms. The summed E-state index contributed by atoms with van der Waals surface area (Å²) in [5.74, 6) is -2.46. The van der Waals surface area contributed by atoms with E-state index in [2.05, 4.69) is 5.32 Å². The van der Waals surface area contributed by atoms with Crippen LogP contribution in [0.4, 0.5) is 10.1 Å². The van der Waals surface area contributed by atoms with Crippen molar-refractivity contribution in [3.8, 4) is 5.75 Å². The van der Waals surface area contributed by atoms with Crippen molar-refractivity contribution in [3.63, 3.8) is 0 Å². The summed E-state index contributed by atoms with van der Waals surface area (Å²) in [6, 6.07) is 13.9. The number of halogens is 1. The molecule has 0 saturated heterocycles. The molecule has 0 aliphatic heterocycles. The van der Waals surface area contributed by atoms with Crippen LogP contribution in [-0.2, 0) is 14.3 Å². The second kappa shape index (κ2) is 10.7. The molecule has 2 aromatic carbocycles. The molecule has 8 nitrogen and oxygen atoms in total. The van der Waals surface area contributed by atoms with Crippen LogP contribution in [0.1, 0.15) is 33.8 Å². The van der Waals surface area contributed by atoms with Gasteiger partial charge in [-0.2, -0.15) is 0 Å². The monoisotopic (exact) mass is 439 g/mol. The van der Waals surface area contributed by atoms with Crippen molar-refractivity contribution < 1.29 is 37.5 Å². The van der Waals surface area contributed by atoms with Gasteiger partial charge in [-0.05, 0) is 60.7 Å². The van der Waals surface area contributed by atoms with Crippen LogP contribution in [0.2, 0.25) is 0 Å². The summed E-state index contributed by atoms with van der Waals surface area (Å²) in [4.78, 5) is 47.6. The predicted molar refractivity (Wildman–Crippen MR) is 110 cm³/mol. The standard InChI is InChI=1S/C23H18FNO7/c24-16-5-7-17(8-6-16)25-21(27)11-12-22(28)31-14-19(26)15-3-9-18(10-4-15)32-23(29)20-2-1-13-30-20/h1-10,13H,11-12,14H2,(H,25,27). The molecule has 3 aromatic rings. The number of rotatable bonds is 9. The fourth-order valence-electron chi connectivity index (χ4n) is 2.53. The Kier molecular flexibility index (Phi) is 7.47. The van der Waals surface area contributed by atoms with Crippen LogP contribution in [0.5, 0.6) is 5.75 Å². The van der Waals surface area contributed by atoms with Crippen molar-refractivity contribution in [2.24, 2.45) is 0 Å². The lowest BCUT2D eigenvalue weighted by molar-refractivity contribution is -0.143. The first-order valence-corrected chi connectivity index (χ1v) is 9.51. The predicted octanol–water partition coefficient (Wildman–Crippen LogP) is 3.78. The number of carbonyl (C=O) groups excluding carboxylic acids is 4. The third kappa shape index (κ3) is 6.63. The highest BCUT2D eigenvalue weighted by Gasteiger charge is 2.14. The lowest BCUT2D eigenvalue weighted by Gasteiger charge is -2.07. The topological polar surface area (TPSA) is 112 Å². The smallest absolute Gasteiger partial charge is 0.379 e. The molecule has 0 spiro atoms. The Morgan fingerprint density at radius 1 is 0.906 bits per heavy atom. The summed E-state index contributed by atoms with van der Waals surface area (Å²) >= 11 is 0. The molecule has 0 fully saturated rings. The van der Waals surface area contributed by atoms with Crippen LogP contribution < -0.4 is 10.1 Å². The third-order valence-electron chi connectivity index (χ3n) is 4.16. The van der Waals surface area contributed by atoms with Crippen molar-refractivity contribution in [1.82, 2.24) is 0 Å². The van der Waals surface area contributed by atoms with Gasteiger partial charge in [0, 0.05) is 17.7 Å². The average Bonchev–Trinajstić information content (AvgIpc) is 3.33. The molecule has 1 heterocycles. The molecule has 1 amide bonds. The van der Waals surface area contributed by atoms with Gasteiger partial charge in [0.25, 0.3) is 0 Å². The van der Waals surface area contributed by atoms with E-state index >= 15 is 0 Å². The number of hydrogen-bond acceptors (Lipinski definition) is 7. The maximum Gasteiger partial charge on any atom is 0.379 e. The number of ether oxygens (including phenoxy) is 2. The van der Waals surface area contributed by atoms with Gasteiger partial charge in [0.2, 0.25) is 11.7 Å². The van der Waals surface area contributed by atoms with Crippen LogP contribution in [-0.4, -0.2) is 30.2 Å². The molecule has 164 valence electrons. The number of amides is 1. The van der Waals surface area contributed by atoms with E-state index in [1.165, 1.54) is 60.9 Å². The molecule has 0 saturated carbocycles. The minimum Gasteiger partial charge on any atom is -0.457 e. The normalized spacial score (nSPS) is 10.3. The summed E-state index contributed by atoms with van der Waals surface area (Å²) < 4.78 is 27.8. The molecule has 0 atom stereocenters. The fourth-order valence-corrected chi connectivity index (χ4v) is 2.53. The zero-order valence-electron chi connectivity index (χ0n) is 16.7. The second-order valence-corrected chi connectivity index (χ2v) is 6.53. The maximum atomic E-state index is 12.8. The van der Waals surface area contributed by atoms with Gasteiger partial charge in [0.15, 0.2) is 12.4 Å². The summed E-state index contributed by atoms with van der Waals surface area (Å²) in [7, 11) is 0. The van der Waals surface area contributed by atoms with Gasteiger partial charge in [0.05, 0.1) is 12.7 Å². The Morgan fingerprint density at radius 2 is 1.62 bits per heavy atom. The second-order valence-electron chi connectivity index (χ2n) is 6.53. The number of ketones is 1. The van der Waals surface area contributed by atoms with Crippen LogP contribution in [0.25, 0.3) is 0 Å². The SMILES string of the molecule is O=C(CCC(=O)OCC(=O)c1ccc(OC(=O)c2ccco2)cc1)Nc1ccc(F)cc1. The van der Waals surface area contributed by atoms with Crippen molar-refractivity contribution in [2.45, 2.75) is 12.8 Å². The molecule has 1 aromatic heterocycles.